The monoisotopic (exact) mass is 285 g/mol. The fourth-order valence-corrected chi connectivity index (χ4v) is 1.73. The second kappa shape index (κ2) is 4.26. The quantitative estimate of drug-likeness (QED) is 0.364. The van der Waals surface area contributed by atoms with Gasteiger partial charge in [-0.3, -0.25) is 0 Å². The van der Waals surface area contributed by atoms with Crippen LogP contribution < -0.4 is 0 Å². The Kier molecular flexibility index (Phi) is 3.53. The fourth-order valence-electron chi connectivity index (χ4n) is 0.766. The second-order valence-electron chi connectivity index (χ2n) is 2.11. The number of oxime groups is 1. The molecule has 6 heteroatoms. The van der Waals surface area contributed by atoms with Crippen molar-refractivity contribution in [1.82, 2.24) is 0 Å². The van der Waals surface area contributed by atoms with Crippen molar-refractivity contribution < 1.29 is 9.60 Å². The molecule has 0 aliphatic carbocycles. The zero-order valence-corrected chi connectivity index (χ0v) is 9.16. The van der Waals surface area contributed by atoms with Crippen molar-refractivity contribution in [2.24, 2.45) is 5.16 Å². The molecule has 0 saturated heterocycles. The summed E-state index contributed by atoms with van der Waals surface area (Å²) in [5.41, 5.74) is -0.0586. The van der Waals surface area contributed by atoms with E-state index in [1.54, 1.807) is 0 Å². The molecule has 1 aromatic rings. The van der Waals surface area contributed by atoms with Crippen LogP contribution in [0.25, 0.3) is 0 Å². The largest absolute Gasteiger partial charge is 0.410 e. The highest BCUT2D eigenvalue weighted by atomic mass is 79.9. The molecule has 0 spiro atoms. The highest BCUT2D eigenvalue weighted by molar-refractivity contribution is 9.10. The number of rotatable bonds is 1. The molecule has 0 aliphatic heterocycles. The van der Waals surface area contributed by atoms with Gasteiger partial charge in [0, 0.05) is 4.47 Å². The van der Waals surface area contributed by atoms with E-state index in [1.807, 2.05) is 0 Å². The van der Waals surface area contributed by atoms with Crippen LogP contribution in [0.1, 0.15) is 5.56 Å². The van der Waals surface area contributed by atoms with Gasteiger partial charge in [-0.05, 0) is 28.1 Å². The Morgan fingerprint density at radius 2 is 2.15 bits per heavy atom. The zero-order valence-electron chi connectivity index (χ0n) is 6.06. The summed E-state index contributed by atoms with van der Waals surface area (Å²) in [5, 5.41) is 11.0. The first-order chi connectivity index (χ1) is 6.07. The molecule has 0 bridgehead atoms. The minimum absolute atomic E-state index is 0.0586. The van der Waals surface area contributed by atoms with Crippen molar-refractivity contribution in [3.63, 3.8) is 0 Å². The van der Waals surface area contributed by atoms with Gasteiger partial charge in [0.2, 0.25) is 0 Å². The van der Waals surface area contributed by atoms with Crippen molar-refractivity contribution >= 4 is 44.3 Å². The summed E-state index contributed by atoms with van der Waals surface area (Å²) < 4.78 is 13.4. The van der Waals surface area contributed by atoms with Crippen LogP contribution in [-0.4, -0.2) is 10.4 Å². The molecule has 0 aromatic heterocycles. The van der Waals surface area contributed by atoms with E-state index in [1.165, 1.54) is 6.07 Å². The SMILES string of the molecule is ON=C(Cl)c1c(F)ccc(Cl)c1Br. The summed E-state index contributed by atoms with van der Waals surface area (Å²) in [7, 11) is 0. The average molecular weight is 287 g/mol. The standard InChI is InChI=1S/C7H3BrCl2FNO/c8-6-3(9)1-2-4(11)5(6)7(10)12-13/h1-2,13H. The van der Waals surface area contributed by atoms with Gasteiger partial charge >= 0.3 is 0 Å². The molecule has 0 aliphatic rings. The van der Waals surface area contributed by atoms with E-state index < -0.39 is 5.82 Å². The van der Waals surface area contributed by atoms with E-state index in [2.05, 4.69) is 21.1 Å². The first-order valence-electron chi connectivity index (χ1n) is 3.09. The fraction of sp³-hybridized carbons (Fsp3) is 0. The molecule has 0 fully saturated rings. The summed E-state index contributed by atoms with van der Waals surface area (Å²) in [6, 6.07) is 2.50. The Labute approximate surface area is 92.1 Å². The number of hydrogen-bond donors (Lipinski definition) is 1. The topological polar surface area (TPSA) is 32.6 Å². The minimum atomic E-state index is -0.612. The molecule has 0 atom stereocenters. The average Bonchev–Trinajstić information content (AvgIpc) is 2.12. The molecule has 1 rings (SSSR count). The summed E-state index contributed by atoms with van der Waals surface area (Å²) >= 11 is 14.1. The molecule has 1 aromatic carbocycles. The molecule has 13 heavy (non-hydrogen) atoms. The summed E-state index contributed by atoms with van der Waals surface area (Å²) in [5.74, 6) is -0.612. The van der Waals surface area contributed by atoms with E-state index in [9.17, 15) is 4.39 Å². The predicted octanol–water partition coefficient (Wildman–Crippen LogP) is 3.62. The first-order valence-corrected chi connectivity index (χ1v) is 4.64. The molecular weight excluding hydrogens is 284 g/mol. The third kappa shape index (κ3) is 2.13. The van der Waals surface area contributed by atoms with E-state index >= 15 is 0 Å². The second-order valence-corrected chi connectivity index (χ2v) is 3.67. The molecule has 0 unspecified atom stereocenters. The summed E-state index contributed by atoms with van der Waals surface area (Å²) in [6.45, 7) is 0. The highest BCUT2D eigenvalue weighted by Crippen LogP contribution is 2.29. The zero-order chi connectivity index (χ0) is 10.0. The van der Waals surface area contributed by atoms with E-state index in [4.69, 9.17) is 28.4 Å². The Balaban J connectivity index is 3.42. The summed E-state index contributed by atoms with van der Waals surface area (Å²) in [4.78, 5) is 0. The van der Waals surface area contributed by atoms with Crippen LogP contribution in [0, 0.1) is 5.82 Å². The van der Waals surface area contributed by atoms with Crippen LogP contribution in [0.4, 0.5) is 4.39 Å². The lowest BCUT2D eigenvalue weighted by Crippen LogP contribution is -1.98. The molecule has 0 saturated carbocycles. The molecule has 1 N–H and O–H groups in total. The van der Waals surface area contributed by atoms with Gasteiger partial charge in [0.05, 0.1) is 10.6 Å². The van der Waals surface area contributed by atoms with Crippen LogP contribution in [0.2, 0.25) is 5.02 Å². The minimum Gasteiger partial charge on any atom is -0.410 e. The first kappa shape index (κ1) is 10.8. The number of halogens is 4. The van der Waals surface area contributed by atoms with Crippen LogP contribution in [0.15, 0.2) is 21.8 Å². The normalized spacial score (nSPS) is 11.8. The van der Waals surface area contributed by atoms with Crippen molar-refractivity contribution in [3.8, 4) is 0 Å². The van der Waals surface area contributed by atoms with Gasteiger partial charge < -0.3 is 5.21 Å². The highest BCUT2D eigenvalue weighted by Gasteiger charge is 2.14. The van der Waals surface area contributed by atoms with Crippen LogP contribution in [0.3, 0.4) is 0 Å². The smallest absolute Gasteiger partial charge is 0.179 e. The van der Waals surface area contributed by atoms with Crippen molar-refractivity contribution in [3.05, 3.63) is 33.0 Å². The maximum absolute atomic E-state index is 13.1. The van der Waals surface area contributed by atoms with Gasteiger partial charge in [0.1, 0.15) is 5.82 Å². The third-order valence-corrected chi connectivity index (χ3v) is 2.97. The Bertz CT molecular complexity index is 370. The van der Waals surface area contributed by atoms with Gasteiger partial charge in [0.25, 0.3) is 0 Å². The predicted molar refractivity (Wildman–Crippen MR) is 53.3 cm³/mol. The van der Waals surface area contributed by atoms with E-state index in [-0.39, 0.29) is 15.2 Å². The lowest BCUT2D eigenvalue weighted by atomic mass is 10.2. The molecule has 0 amide bonds. The molecular formula is C7H3BrCl2FNO. The van der Waals surface area contributed by atoms with Crippen molar-refractivity contribution in [2.75, 3.05) is 0 Å². The summed E-state index contributed by atoms with van der Waals surface area (Å²) in [6.07, 6.45) is 0. The lowest BCUT2D eigenvalue weighted by Gasteiger charge is -2.03. The third-order valence-electron chi connectivity index (χ3n) is 1.34. The molecule has 70 valence electrons. The van der Waals surface area contributed by atoms with Gasteiger partial charge in [-0.1, -0.05) is 28.4 Å². The molecule has 0 radical (unpaired) electrons. The van der Waals surface area contributed by atoms with Crippen molar-refractivity contribution in [2.45, 2.75) is 0 Å². The van der Waals surface area contributed by atoms with E-state index in [0.29, 0.717) is 5.02 Å². The maximum atomic E-state index is 13.1. The Hall–Kier alpha value is -0.320. The maximum Gasteiger partial charge on any atom is 0.179 e. The van der Waals surface area contributed by atoms with Gasteiger partial charge in [-0.15, -0.1) is 0 Å². The van der Waals surface area contributed by atoms with Crippen LogP contribution >= 0.6 is 39.1 Å². The van der Waals surface area contributed by atoms with Gasteiger partial charge in [-0.2, -0.15) is 0 Å². The van der Waals surface area contributed by atoms with Crippen LogP contribution in [0.5, 0.6) is 0 Å². The Morgan fingerprint density at radius 3 is 2.69 bits per heavy atom. The molecule has 2 nitrogen and oxygen atoms in total. The Morgan fingerprint density at radius 1 is 1.54 bits per heavy atom. The van der Waals surface area contributed by atoms with Gasteiger partial charge in [0.15, 0.2) is 5.17 Å². The number of nitrogens with zero attached hydrogens (tertiary/aromatic N) is 1. The lowest BCUT2D eigenvalue weighted by molar-refractivity contribution is 0.320. The van der Waals surface area contributed by atoms with Crippen molar-refractivity contribution in [1.29, 1.82) is 0 Å². The van der Waals surface area contributed by atoms with E-state index in [0.717, 1.165) is 6.07 Å². The number of hydrogen-bond acceptors (Lipinski definition) is 2. The molecule has 0 heterocycles. The van der Waals surface area contributed by atoms with Gasteiger partial charge in [-0.25, -0.2) is 4.39 Å². The number of benzene rings is 1. The van der Waals surface area contributed by atoms with Crippen LogP contribution in [-0.2, 0) is 0 Å².